The SMILES string of the molecule is C[C@H](NC(=O)c1ccccc1)C(=O)C(N)C#N. The van der Waals surface area contributed by atoms with Crippen LogP contribution in [0.3, 0.4) is 0 Å². The van der Waals surface area contributed by atoms with Gasteiger partial charge in [-0.2, -0.15) is 5.26 Å². The van der Waals surface area contributed by atoms with Crippen LogP contribution in [0.1, 0.15) is 17.3 Å². The average molecular weight is 231 g/mol. The van der Waals surface area contributed by atoms with Crippen LogP contribution < -0.4 is 11.1 Å². The molecule has 1 aromatic rings. The van der Waals surface area contributed by atoms with E-state index in [1.807, 2.05) is 0 Å². The van der Waals surface area contributed by atoms with Crippen molar-refractivity contribution in [3.63, 3.8) is 0 Å². The molecule has 0 heterocycles. The summed E-state index contributed by atoms with van der Waals surface area (Å²) in [5, 5.41) is 11.0. The first-order chi connectivity index (χ1) is 8.06. The molecule has 0 aliphatic carbocycles. The Hall–Kier alpha value is -2.19. The minimum absolute atomic E-state index is 0.364. The number of carbonyl (C=O) groups excluding carboxylic acids is 2. The van der Waals surface area contributed by atoms with E-state index in [1.54, 1.807) is 36.4 Å². The summed E-state index contributed by atoms with van der Waals surface area (Å²) in [6.07, 6.45) is 0. The molecule has 0 bridgehead atoms. The Bertz CT molecular complexity index is 451. The highest BCUT2D eigenvalue weighted by Gasteiger charge is 2.21. The highest BCUT2D eigenvalue weighted by atomic mass is 16.2. The van der Waals surface area contributed by atoms with Gasteiger partial charge in [-0.25, -0.2) is 0 Å². The fourth-order valence-corrected chi connectivity index (χ4v) is 1.27. The smallest absolute Gasteiger partial charge is 0.251 e. The summed E-state index contributed by atoms with van der Waals surface area (Å²) in [5.41, 5.74) is 5.73. The molecule has 5 heteroatoms. The van der Waals surface area contributed by atoms with Crippen LogP contribution in [0.2, 0.25) is 0 Å². The third-order valence-electron chi connectivity index (χ3n) is 2.26. The van der Waals surface area contributed by atoms with E-state index < -0.39 is 17.9 Å². The highest BCUT2D eigenvalue weighted by molar-refractivity contribution is 5.99. The maximum atomic E-state index is 11.7. The Morgan fingerprint density at radius 3 is 2.47 bits per heavy atom. The van der Waals surface area contributed by atoms with Gasteiger partial charge in [-0.15, -0.1) is 0 Å². The zero-order valence-electron chi connectivity index (χ0n) is 9.38. The first-order valence-corrected chi connectivity index (χ1v) is 5.11. The van der Waals surface area contributed by atoms with Crippen molar-refractivity contribution in [3.8, 4) is 6.07 Å². The lowest BCUT2D eigenvalue weighted by Gasteiger charge is -2.13. The van der Waals surface area contributed by atoms with Crippen molar-refractivity contribution in [3.05, 3.63) is 35.9 Å². The maximum absolute atomic E-state index is 11.7. The lowest BCUT2D eigenvalue weighted by Crippen LogP contribution is -2.45. The molecule has 0 aliphatic rings. The van der Waals surface area contributed by atoms with Crippen LogP contribution in [0.15, 0.2) is 30.3 Å². The lowest BCUT2D eigenvalue weighted by atomic mass is 10.1. The summed E-state index contributed by atoms with van der Waals surface area (Å²) in [4.78, 5) is 23.2. The summed E-state index contributed by atoms with van der Waals surface area (Å²) in [7, 11) is 0. The predicted molar refractivity (Wildman–Crippen MR) is 62.0 cm³/mol. The van der Waals surface area contributed by atoms with E-state index in [2.05, 4.69) is 5.32 Å². The van der Waals surface area contributed by atoms with Gasteiger partial charge in [0.15, 0.2) is 11.8 Å². The van der Waals surface area contributed by atoms with E-state index in [4.69, 9.17) is 11.0 Å². The van der Waals surface area contributed by atoms with Crippen molar-refractivity contribution < 1.29 is 9.59 Å². The maximum Gasteiger partial charge on any atom is 0.251 e. The number of rotatable bonds is 4. The highest BCUT2D eigenvalue weighted by Crippen LogP contribution is 1.99. The molecular weight excluding hydrogens is 218 g/mol. The molecule has 2 atom stereocenters. The Kier molecular flexibility index (Phi) is 4.37. The number of carbonyl (C=O) groups is 2. The van der Waals surface area contributed by atoms with Crippen LogP contribution in [0.5, 0.6) is 0 Å². The molecule has 1 unspecified atom stereocenters. The molecule has 1 amide bonds. The van der Waals surface area contributed by atoms with Gasteiger partial charge in [0, 0.05) is 5.56 Å². The molecule has 1 rings (SSSR count). The number of hydrogen-bond donors (Lipinski definition) is 2. The van der Waals surface area contributed by atoms with E-state index >= 15 is 0 Å². The molecule has 0 radical (unpaired) electrons. The summed E-state index contributed by atoms with van der Waals surface area (Å²) in [6, 6.07) is 8.16. The third kappa shape index (κ3) is 3.40. The van der Waals surface area contributed by atoms with Gasteiger partial charge in [-0.3, -0.25) is 9.59 Å². The normalized spacial score (nSPS) is 13.2. The second kappa shape index (κ2) is 5.77. The van der Waals surface area contributed by atoms with Gasteiger partial charge in [-0.05, 0) is 19.1 Å². The Morgan fingerprint density at radius 1 is 1.35 bits per heavy atom. The molecule has 1 aromatic carbocycles. The largest absolute Gasteiger partial charge is 0.342 e. The fraction of sp³-hybridized carbons (Fsp3) is 0.250. The number of nitriles is 1. The van der Waals surface area contributed by atoms with Gasteiger partial charge in [0.05, 0.1) is 12.1 Å². The number of Topliss-reactive ketones (excluding diaryl/α,β-unsaturated/α-hetero) is 1. The number of hydrogen-bond acceptors (Lipinski definition) is 4. The summed E-state index contributed by atoms with van der Waals surface area (Å²) in [5.74, 6) is -0.867. The minimum Gasteiger partial charge on any atom is -0.342 e. The van der Waals surface area contributed by atoms with E-state index in [-0.39, 0.29) is 5.91 Å². The van der Waals surface area contributed by atoms with Gasteiger partial charge in [0.2, 0.25) is 0 Å². The zero-order valence-corrected chi connectivity index (χ0v) is 9.38. The topological polar surface area (TPSA) is 96.0 Å². The summed E-state index contributed by atoms with van der Waals surface area (Å²) >= 11 is 0. The number of nitrogens with zero attached hydrogens (tertiary/aromatic N) is 1. The van der Waals surface area contributed by atoms with Crippen LogP contribution in [0.25, 0.3) is 0 Å². The van der Waals surface area contributed by atoms with Gasteiger partial charge >= 0.3 is 0 Å². The molecule has 0 aliphatic heterocycles. The van der Waals surface area contributed by atoms with E-state index in [9.17, 15) is 9.59 Å². The van der Waals surface area contributed by atoms with Crippen LogP contribution in [0, 0.1) is 11.3 Å². The number of amides is 1. The predicted octanol–water partition coefficient (Wildman–Crippen LogP) is 0.225. The Labute approximate surface area is 99.2 Å². The average Bonchev–Trinajstić information content (AvgIpc) is 2.37. The van der Waals surface area contributed by atoms with Crippen LogP contribution >= 0.6 is 0 Å². The fourth-order valence-electron chi connectivity index (χ4n) is 1.27. The van der Waals surface area contributed by atoms with Gasteiger partial charge in [0.1, 0.15) is 0 Å². The molecule has 3 N–H and O–H groups in total. The molecule has 0 fully saturated rings. The van der Waals surface area contributed by atoms with Crippen molar-refractivity contribution >= 4 is 11.7 Å². The van der Waals surface area contributed by atoms with Crippen molar-refractivity contribution in [2.24, 2.45) is 5.73 Å². The standard InChI is InChI=1S/C12H13N3O2/c1-8(11(16)10(14)7-13)15-12(17)9-5-3-2-4-6-9/h2-6,8,10H,14H2,1H3,(H,15,17)/t8-,10?/m0/s1. The third-order valence-corrected chi connectivity index (χ3v) is 2.26. The van der Waals surface area contributed by atoms with Gasteiger partial charge in [0.25, 0.3) is 5.91 Å². The second-order valence-corrected chi connectivity index (χ2v) is 3.57. The Balaban J connectivity index is 2.65. The number of ketones is 1. The second-order valence-electron chi connectivity index (χ2n) is 3.57. The molecule has 5 nitrogen and oxygen atoms in total. The van der Waals surface area contributed by atoms with Crippen molar-refractivity contribution in [2.45, 2.75) is 19.0 Å². The van der Waals surface area contributed by atoms with Crippen LogP contribution in [0.4, 0.5) is 0 Å². The number of nitrogens with one attached hydrogen (secondary N) is 1. The van der Waals surface area contributed by atoms with Gasteiger partial charge < -0.3 is 11.1 Å². The van der Waals surface area contributed by atoms with E-state index in [0.717, 1.165) is 0 Å². The van der Waals surface area contributed by atoms with Crippen molar-refractivity contribution in [2.75, 3.05) is 0 Å². The van der Waals surface area contributed by atoms with Gasteiger partial charge in [-0.1, -0.05) is 18.2 Å². The van der Waals surface area contributed by atoms with E-state index in [0.29, 0.717) is 5.56 Å². The molecule has 0 spiro atoms. The summed E-state index contributed by atoms with van der Waals surface area (Å²) in [6.45, 7) is 1.50. The summed E-state index contributed by atoms with van der Waals surface area (Å²) < 4.78 is 0. The van der Waals surface area contributed by atoms with Crippen molar-refractivity contribution in [1.82, 2.24) is 5.32 Å². The van der Waals surface area contributed by atoms with E-state index in [1.165, 1.54) is 6.92 Å². The quantitative estimate of drug-likeness (QED) is 0.775. The Morgan fingerprint density at radius 2 is 1.94 bits per heavy atom. The number of benzene rings is 1. The molecule has 0 saturated heterocycles. The first-order valence-electron chi connectivity index (χ1n) is 5.11. The molecule has 0 aromatic heterocycles. The zero-order chi connectivity index (χ0) is 12.8. The molecular formula is C12H13N3O2. The molecule has 0 saturated carbocycles. The first kappa shape index (κ1) is 12.9. The monoisotopic (exact) mass is 231 g/mol. The number of nitrogens with two attached hydrogens (primary N) is 1. The minimum atomic E-state index is -1.21. The molecule has 17 heavy (non-hydrogen) atoms. The lowest BCUT2D eigenvalue weighted by molar-refractivity contribution is -0.120. The van der Waals surface area contributed by atoms with Crippen LogP contribution in [-0.2, 0) is 4.79 Å². The van der Waals surface area contributed by atoms with Crippen molar-refractivity contribution in [1.29, 1.82) is 5.26 Å². The van der Waals surface area contributed by atoms with Crippen LogP contribution in [-0.4, -0.2) is 23.8 Å². The molecule has 88 valence electrons.